The van der Waals surface area contributed by atoms with Crippen molar-refractivity contribution >= 4 is 11.7 Å². The van der Waals surface area contributed by atoms with Gasteiger partial charge in [-0.2, -0.15) is 5.10 Å². The lowest BCUT2D eigenvalue weighted by atomic mass is 9.93. The zero-order chi connectivity index (χ0) is 17.1. The van der Waals surface area contributed by atoms with Crippen molar-refractivity contribution in [1.82, 2.24) is 14.7 Å². The van der Waals surface area contributed by atoms with E-state index in [1.807, 2.05) is 13.0 Å². The SMILES string of the molecule is CCCn1nccc1NC(=O)CN1CCc2ccc(F)cc2C1C. The second-order valence-electron chi connectivity index (χ2n) is 6.23. The van der Waals surface area contributed by atoms with E-state index in [1.54, 1.807) is 23.0 Å². The van der Waals surface area contributed by atoms with Crippen LogP contribution in [0.4, 0.5) is 10.2 Å². The molecule has 1 aliphatic rings. The summed E-state index contributed by atoms with van der Waals surface area (Å²) in [6, 6.07) is 6.76. The van der Waals surface area contributed by atoms with Crippen molar-refractivity contribution in [2.45, 2.75) is 39.3 Å². The smallest absolute Gasteiger partial charge is 0.239 e. The largest absolute Gasteiger partial charge is 0.310 e. The van der Waals surface area contributed by atoms with E-state index in [9.17, 15) is 9.18 Å². The number of rotatable bonds is 5. The fraction of sp³-hybridized carbons (Fsp3) is 0.444. The standard InChI is InChI=1S/C18H23FN4O/c1-3-9-23-17(6-8-20-23)21-18(24)12-22-10-7-14-4-5-15(19)11-16(14)13(22)2/h4-6,8,11,13H,3,7,9-10,12H2,1-2H3,(H,21,24). The molecule has 0 fully saturated rings. The van der Waals surface area contributed by atoms with Gasteiger partial charge in [0.25, 0.3) is 0 Å². The van der Waals surface area contributed by atoms with Crippen molar-refractivity contribution < 1.29 is 9.18 Å². The molecule has 128 valence electrons. The highest BCUT2D eigenvalue weighted by molar-refractivity contribution is 5.91. The van der Waals surface area contributed by atoms with Crippen LogP contribution < -0.4 is 5.32 Å². The van der Waals surface area contributed by atoms with Crippen LogP contribution in [0.2, 0.25) is 0 Å². The number of carbonyl (C=O) groups excluding carboxylic acids is 1. The van der Waals surface area contributed by atoms with E-state index in [0.29, 0.717) is 0 Å². The molecule has 2 aromatic rings. The quantitative estimate of drug-likeness (QED) is 0.917. The van der Waals surface area contributed by atoms with Crippen molar-refractivity contribution in [3.05, 3.63) is 47.4 Å². The summed E-state index contributed by atoms with van der Waals surface area (Å²) in [5.41, 5.74) is 2.15. The molecule has 3 rings (SSSR count). The Morgan fingerprint density at radius 1 is 1.42 bits per heavy atom. The van der Waals surface area contributed by atoms with Gasteiger partial charge >= 0.3 is 0 Å². The van der Waals surface area contributed by atoms with Crippen molar-refractivity contribution in [2.24, 2.45) is 0 Å². The molecule has 1 aliphatic heterocycles. The normalized spacial score (nSPS) is 17.5. The van der Waals surface area contributed by atoms with Gasteiger partial charge in [0.2, 0.25) is 5.91 Å². The van der Waals surface area contributed by atoms with Crippen molar-refractivity contribution in [3.8, 4) is 0 Å². The molecule has 0 saturated carbocycles. The highest BCUT2D eigenvalue weighted by Gasteiger charge is 2.26. The molecular formula is C18H23FN4O. The molecule has 5 nitrogen and oxygen atoms in total. The number of nitrogens with zero attached hydrogens (tertiary/aromatic N) is 3. The minimum absolute atomic E-state index is 0.0238. The van der Waals surface area contributed by atoms with Crippen LogP contribution in [-0.4, -0.2) is 33.7 Å². The van der Waals surface area contributed by atoms with E-state index in [1.165, 1.54) is 11.6 Å². The average molecular weight is 330 g/mol. The maximum atomic E-state index is 13.5. The zero-order valence-corrected chi connectivity index (χ0v) is 14.1. The fourth-order valence-electron chi connectivity index (χ4n) is 3.25. The van der Waals surface area contributed by atoms with E-state index in [2.05, 4.69) is 22.2 Å². The van der Waals surface area contributed by atoms with Gasteiger partial charge in [-0.05, 0) is 43.0 Å². The number of aryl methyl sites for hydroxylation is 1. The molecule has 6 heteroatoms. The Balaban J connectivity index is 1.66. The molecule has 0 saturated heterocycles. The van der Waals surface area contributed by atoms with E-state index in [4.69, 9.17) is 0 Å². The molecule has 0 bridgehead atoms. The second kappa shape index (κ2) is 7.13. The molecule has 1 atom stereocenters. The lowest BCUT2D eigenvalue weighted by molar-refractivity contribution is -0.118. The summed E-state index contributed by atoms with van der Waals surface area (Å²) in [5, 5.41) is 7.13. The Morgan fingerprint density at radius 3 is 3.04 bits per heavy atom. The third kappa shape index (κ3) is 3.48. The summed E-state index contributed by atoms with van der Waals surface area (Å²) < 4.78 is 15.3. The summed E-state index contributed by atoms with van der Waals surface area (Å²) in [4.78, 5) is 14.5. The Kier molecular flexibility index (Phi) is 4.94. The summed E-state index contributed by atoms with van der Waals surface area (Å²) in [6.45, 7) is 5.94. The molecule has 1 unspecified atom stereocenters. The summed E-state index contributed by atoms with van der Waals surface area (Å²) in [7, 11) is 0. The topological polar surface area (TPSA) is 50.2 Å². The van der Waals surface area contributed by atoms with E-state index in [0.717, 1.165) is 37.3 Å². The van der Waals surface area contributed by atoms with Crippen LogP contribution in [0.15, 0.2) is 30.5 Å². The van der Waals surface area contributed by atoms with Crippen LogP contribution in [0.1, 0.15) is 37.4 Å². The van der Waals surface area contributed by atoms with Crippen LogP contribution in [0.25, 0.3) is 0 Å². The number of halogens is 1. The highest BCUT2D eigenvalue weighted by Crippen LogP contribution is 2.29. The van der Waals surface area contributed by atoms with Gasteiger partial charge in [-0.1, -0.05) is 13.0 Å². The van der Waals surface area contributed by atoms with Crippen LogP contribution in [0, 0.1) is 5.82 Å². The van der Waals surface area contributed by atoms with Gasteiger partial charge in [-0.3, -0.25) is 9.69 Å². The first kappa shape index (κ1) is 16.6. The van der Waals surface area contributed by atoms with Crippen LogP contribution in [0.5, 0.6) is 0 Å². The predicted octanol–water partition coefficient (Wildman–Crippen LogP) is 2.99. The number of anilines is 1. The maximum absolute atomic E-state index is 13.5. The Morgan fingerprint density at radius 2 is 2.25 bits per heavy atom. The molecule has 2 heterocycles. The number of aromatic nitrogens is 2. The number of carbonyl (C=O) groups is 1. The van der Waals surface area contributed by atoms with Crippen molar-refractivity contribution in [3.63, 3.8) is 0 Å². The predicted molar refractivity (Wildman–Crippen MR) is 91.2 cm³/mol. The number of hydrogen-bond acceptors (Lipinski definition) is 3. The van der Waals surface area contributed by atoms with Gasteiger partial charge in [0, 0.05) is 25.2 Å². The first-order valence-electron chi connectivity index (χ1n) is 8.42. The third-order valence-corrected chi connectivity index (χ3v) is 4.54. The van der Waals surface area contributed by atoms with Gasteiger partial charge in [0.05, 0.1) is 12.7 Å². The van der Waals surface area contributed by atoms with E-state index < -0.39 is 0 Å². The summed E-state index contributed by atoms with van der Waals surface area (Å²) >= 11 is 0. The minimum Gasteiger partial charge on any atom is -0.310 e. The number of nitrogens with one attached hydrogen (secondary N) is 1. The number of fused-ring (bicyclic) bond motifs is 1. The lowest BCUT2D eigenvalue weighted by Gasteiger charge is -2.34. The van der Waals surface area contributed by atoms with Gasteiger partial charge < -0.3 is 5.32 Å². The second-order valence-corrected chi connectivity index (χ2v) is 6.23. The molecule has 1 aromatic heterocycles. The lowest BCUT2D eigenvalue weighted by Crippen LogP contribution is -2.39. The van der Waals surface area contributed by atoms with Crippen LogP contribution in [0.3, 0.4) is 0 Å². The monoisotopic (exact) mass is 330 g/mol. The first-order valence-corrected chi connectivity index (χ1v) is 8.42. The van der Waals surface area contributed by atoms with E-state index >= 15 is 0 Å². The van der Waals surface area contributed by atoms with Crippen molar-refractivity contribution in [2.75, 3.05) is 18.4 Å². The molecule has 0 radical (unpaired) electrons. The molecule has 1 amide bonds. The van der Waals surface area contributed by atoms with Gasteiger partial charge in [-0.15, -0.1) is 0 Å². The highest BCUT2D eigenvalue weighted by atomic mass is 19.1. The summed E-state index contributed by atoms with van der Waals surface area (Å²) in [5.74, 6) is 0.424. The molecular weight excluding hydrogens is 307 g/mol. The molecule has 0 spiro atoms. The van der Waals surface area contributed by atoms with Crippen LogP contribution >= 0.6 is 0 Å². The first-order chi connectivity index (χ1) is 11.6. The number of hydrogen-bond donors (Lipinski definition) is 1. The molecule has 1 N–H and O–H groups in total. The Labute approximate surface area is 141 Å². The average Bonchev–Trinajstić information content (AvgIpc) is 2.98. The van der Waals surface area contributed by atoms with Crippen molar-refractivity contribution in [1.29, 1.82) is 0 Å². The fourth-order valence-corrected chi connectivity index (χ4v) is 3.25. The van der Waals surface area contributed by atoms with Gasteiger partial charge in [-0.25, -0.2) is 9.07 Å². The third-order valence-electron chi connectivity index (χ3n) is 4.54. The Hall–Kier alpha value is -2.21. The van der Waals surface area contributed by atoms with Gasteiger partial charge in [0.15, 0.2) is 0 Å². The zero-order valence-electron chi connectivity index (χ0n) is 14.1. The molecule has 24 heavy (non-hydrogen) atoms. The van der Waals surface area contributed by atoms with Gasteiger partial charge in [0.1, 0.15) is 11.6 Å². The Bertz CT molecular complexity index is 728. The number of amides is 1. The van der Waals surface area contributed by atoms with E-state index in [-0.39, 0.29) is 24.3 Å². The molecule has 1 aromatic carbocycles. The minimum atomic E-state index is -0.227. The molecule has 0 aliphatic carbocycles. The van der Waals surface area contributed by atoms with Crippen LogP contribution in [-0.2, 0) is 17.8 Å². The summed E-state index contributed by atoms with van der Waals surface area (Å²) in [6.07, 6.45) is 3.48. The maximum Gasteiger partial charge on any atom is 0.239 e. The number of benzene rings is 1.